The van der Waals surface area contributed by atoms with Crippen LogP contribution in [0, 0.1) is 19.7 Å². The third-order valence-corrected chi connectivity index (χ3v) is 4.73. The lowest BCUT2D eigenvalue weighted by Gasteiger charge is -2.30. The standard InChI is InChI=1S/C20H23FN2O2/c1-13-11-17(23-7-9-25-10-8-23)12-14(2)18(13)19(20(22)24)15-3-5-16(21)6-4-15/h3-6,11-12,19H,7-10H2,1-2H3,(H2,22,24). The van der Waals surface area contributed by atoms with Gasteiger partial charge in [0, 0.05) is 18.8 Å². The number of carbonyl (C=O) groups excluding carboxylic acids is 1. The summed E-state index contributed by atoms with van der Waals surface area (Å²) < 4.78 is 18.6. The van der Waals surface area contributed by atoms with Crippen LogP contribution >= 0.6 is 0 Å². The summed E-state index contributed by atoms with van der Waals surface area (Å²) in [7, 11) is 0. The Morgan fingerprint density at radius 2 is 1.68 bits per heavy atom. The Labute approximate surface area is 147 Å². The second-order valence-corrected chi connectivity index (χ2v) is 6.48. The molecule has 0 spiro atoms. The first-order valence-electron chi connectivity index (χ1n) is 8.46. The average Bonchev–Trinajstić information content (AvgIpc) is 2.59. The van der Waals surface area contributed by atoms with Crippen molar-refractivity contribution in [3.05, 3.63) is 64.5 Å². The number of ether oxygens (including phenoxy) is 1. The smallest absolute Gasteiger partial charge is 0.229 e. The maximum absolute atomic E-state index is 13.2. The Balaban J connectivity index is 2.01. The maximum atomic E-state index is 13.2. The van der Waals surface area contributed by atoms with Gasteiger partial charge >= 0.3 is 0 Å². The van der Waals surface area contributed by atoms with Gasteiger partial charge in [-0.25, -0.2) is 4.39 Å². The monoisotopic (exact) mass is 342 g/mol. The van der Waals surface area contributed by atoms with Crippen LogP contribution in [-0.4, -0.2) is 32.2 Å². The summed E-state index contributed by atoms with van der Waals surface area (Å²) in [6, 6.07) is 10.1. The van der Waals surface area contributed by atoms with E-state index < -0.39 is 11.8 Å². The number of morpholine rings is 1. The third-order valence-electron chi connectivity index (χ3n) is 4.73. The van der Waals surface area contributed by atoms with Crippen molar-refractivity contribution < 1.29 is 13.9 Å². The molecule has 1 aliphatic heterocycles. The normalized spacial score (nSPS) is 15.9. The number of rotatable bonds is 4. The van der Waals surface area contributed by atoms with Gasteiger partial charge in [-0.1, -0.05) is 12.1 Å². The molecule has 0 radical (unpaired) electrons. The van der Waals surface area contributed by atoms with Crippen molar-refractivity contribution in [1.82, 2.24) is 0 Å². The summed E-state index contributed by atoms with van der Waals surface area (Å²) in [4.78, 5) is 14.5. The van der Waals surface area contributed by atoms with Crippen molar-refractivity contribution in [2.75, 3.05) is 31.2 Å². The van der Waals surface area contributed by atoms with E-state index in [4.69, 9.17) is 10.5 Å². The second kappa shape index (κ2) is 7.23. The van der Waals surface area contributed by atoms with Gasteiger partial charge in [0.1, 0.15) is 5.82 Å². The molecule has 0 aromatic heterocycles. The summed E-state index contributed by atoms with van der Waals surface area (Å²) in [5.74, 6) is -1.35. The first kappa shape index (κ1) is 17.4. The van der Waals surface area contributed by atoms with Crippen molar-refractivity contribution in [1.29, 1.82) is 0 Å². The molecule has 4 nitrogen and oxygen atoms in total. The van der Waals surface area contributed by atoms with Crippen LogP contribution in [0.1, 0.15) is 28.2 Å². The average molecular weight is 342 g/mol. The Kier molecular flexibility index (Phi) is 5.04. The third kappa shape index (κ3) is 3.66. The minimum absolute atomic E-state index is 0.330. The highest BCUT2D eigenvalue weighted by Crippen LogP contribution is 2.33. The molecule has 25 heavy (non-hydrogen) atoms. The van der Waals surface area contributed by atoms with Gasteiger partial charge in [-0.05, 0) is 60.4 Å². The zero-order valence-corrected chi connectivity index (χ0v) is 14.6. The minimum atomic E-state index is -0.584. The Hall–Kier alpha value is -2.40. The van der Waals surface area contributed by atoms with E-state index >= 15 is 0 Å². The van der Waals surface area contributed by atoms with Gasteiger partial charge in [-0.2, -0.15) is 0 Å². The van der Waals surface area contributed by atoms with Crippen LogP contribution in [0.3, 0.4) is 0 Å². The van der Waals surface area contributed by atoms with E-state index in [2.05, 4.69) is 17.0 Å². The fraction of sp³-hybridized carbons (Fsp3) is 0.350. The predicted molar refractivity (Wildman–Crippen MR) is 96.4 cm³/mol. The molecular formula is C20H23FN2O2. The predicted octanol–water partition coefficient (Wildman–Crippen LogP) is 2.90. The van der Waals surface area contributed by atoms with Crippen molar-refractivity contribution in [3.63, 3.8) is 0 Å². The van der Waals surface area contributed by atoms with Crippen LogP contribution in [0.15, 0.2) is 36.4 Å². The van der Waals surface area contributed by atoms with E-state index in [1.165, 1.54) is 12.1 Å². The number of nitrogens with two attached hydrogens (primary N) is 1. The number of primary amides is 1. The molecule has 1 saturated heterocycles. The van der Waals surface area contributed by atoms with Gasteiger partial charge in [0.15, 0.2) is 0 Å². The molecule has 1 atom stereocenters. The highest BCUT2D eigenvalue weighted by molar-refractivity contribution is 5.86. The fourth-order valence-electron chi connectivity index (χ4n) is 3.54. The van der Waals surface area contributed by atoms with Crippen LogP contribution in [0.2, 0.25) is 0 Å². The number of aryl methyl sites for hydroxylation is 2. The van der Waals surface area contributed by atoms with E-state index in [1.807, 2.05) is 13.8 Å². The summed E-state index contributed by atoms with van der Waals surface area (Å²) in [6.45, 7) is 7.14. The largest absolute Gasteiger partial charge is 0.378 e. The molecule has 0 saturated carbocycles. The molecule has 132 valence electrons. The van der Waals surface area contributed by atoms with Gasteiger partial charge in [-0.15, -0.1) is 0 Å². The first-order chi connectivity index (χ1) is 12.0. The van der Waals surface area contributed by atoms with Gasteiger partial charge in [0.2, 0.25) is 5.91 Å². The molecule has 2 aromatic carbocycles. The Bertz CT molecular complexity index is 745. The molecule has 2 N–H and O–H groups in total. The second-order valence-electron chi connectivity index (χ2n) is 6.48. The maximum Gasteiger partial charge on any atom is 0.229 e. The highest BCUT2D eigenvalue weighted by Gasteiger charge is 2.25. The quantitative estimate of drug-likeness (QED) is 0.929. The van der Waals surface area contributed by atoms with E-state index in [0.29, 0.717) is 5.56 Å². The van der Waals surface area contributed by atoms with E-state index in [9.17, 15) is 9.18 Å². The van der Waals surface area contributed by atoms with Crippen LogP contribution < -0.4 is 10.6 Å². The summed E-state index contributed by atoms with van der Waals surface area (Å²) >= 11 is 0. The van der Waals surface area contributed by atoms with Crippen molar-refractivity contribution >= 4 is 11.6 Å². The number of halogens is 1. The number of hydrogen-bond donors (Lipinski definition) is 1. The van der Waals surface area contributed by atoms with Crippen molar-refractivity contribution in [2.24, 2.45) is 5.73 Å². The topological polar surface area (TPSA) is 55.6 Å². The van der Waals surface area contributed by atoms with E-state index in [1.54, 1.807) is 12.1 Å². The molecule has 1 heterocycles. The molecule has 1 amide bonds. The lowest BCUT2D eigenvalue weighted by molar-refractivity contribution is -0.118. The van der Waals surface area contributed by atoms with Crippen LogP contribution in [-0.2, 0) is 9.53 Å². The minimum Gasteiger partial charge on any atom is -0.378 e. The fourth-order valence-corrected chi connectivity index (χ4v) is 3.54. The molecule has 3 rings (SSSR count). The zero-order chi connectivity index (χ0) is 18.0. The Morgan fingerprint density at radius 3 is 2.20 bits per heavy atom. The number of carbonyl (C=O) groups is 1. The number of amides is 1. The van der Waals surface area contributed by atoms with Crippen LogP contribution in [0.25, 0.3) is 0 Å². The van der Waals surface area contributed by atoms with E-state index in [0.717, 1.165) is 48.7 Å². The SMILES string of the molecule is Cc1cc(N2CCOCC2)cc(C)c1C(C(N)=O)c1ccc(F)cc1. The summed E-state index contributed by atoms with van der Waals surface area (Å²) in [6.07, 6.45) is 0. The van der Waals surface area contributed by atoms with E-state index in [-0.39, 0.29) is 5.82 Å². The van der Waals surface area contributed by atoms with Crippen molar-refractivity contribution in [3.8, 4) is 0 Å². The molecule has 1 unspecified atom stereocenters. The zero-order valence-electron chi connectivity index (χ0n) is 14.6. The number of nitrogens with zero attached hydrogens (tertiary/aromatic N) is 1. The molecule has 2 aromatic rings. The number of anilines is 1. The van der Waals surface area contributed by atoms with Crippen LogP contribution in [0.4, 0.5) is 10.1 Å². The molecule has 0 aliphatic carbocycles. The molecule has 1 aliphatic rings. The van der Waals surface area contributed by atoms with Crippen molar-refractivity contribution in [2.45, 2.75) is 19.8 Å². The molecule has 5 heteroatoms. The van der Waals surface area contributed by atoms with Gasteiger partial charge in [0.05, 0.1) is 19.1 Å². The Morgan fingerprint density at radius 1 is 1.12 bits per heavy atom. The van der Waals surface area contributed by atoms with Gasteiger partial charge in [0.25, 0.3) is 0 Å². The van der Waals surface area contributed by atoms with Crippen LogP contribution in [0.5, 0.6) is 0 Å². The first-order valence-corrected chi connectivity index (χ1v) is 8.46. The number of hydrogen-bond acceptors (Lipinski definition) is 3. The van der Waals surface area contributed by atoms with Gasteiger partial charge in [-0.3, -0.25) is 4.79 Å². The molecule has 1 fully saturated rings. The lowest BCUT2D eigenvalue weighted by atomic mass is 9.84. The summed E-state index contributed by atoms with van der Waals surface area (Å²) in [5.41, 5.74) is 10.5. The summed E-state index contributed by atoms with van der Waals surface area (Å²) in [5, 5.41) is 0. The lowest BCUT2D eigenvalue weighted by Crippen LogP contribution is -2.36. The molecule has 0 bridgehead atoms. The van der Waals surface area contributed by atoms with Gasteiger partial charge < -0.3 is 15.4 Å². The number of benzene rings is 2. The molecular weight excluding hydrogens is 319 g/mol. The highest BCUT2D eigenvalue weighted by atomic mass is 19.1.